The van der Waals surface area contributed by atoms with E-state index < -0.39 is 58.6 Å². The summed E-state index contributed by atoms with van der Waals surface area (Å²) in [5, 5.41) is 20.9. The topological polar surface area (TPSA) is 133 Å². The van der Waals surface area contributed by atoms with Crippen LogP contribution < -0.4 is 0 Å². The lowest BCUT2D eigenvalue weighted by atomic mass is 9.51. The Hall–Kier alpha value is -2.34. The second kappa shape index (κ2) is 8.58. The Labute approximate surface area is 226 Å². The number of ether oxygens (including phenoxy) is 6. The Bertz CT molecular complexity index is 1210. The van der Waals surface area contributed by atoms with Crippen LogP contribution >= 0.6 is 0 Å². The minimum Gasteiger partial charge on any atom is -0.462 e. The number of carbonyl (C=O) groups excluding carboxylic acids is 2. The summed E-state index contributed by atoms with van der Waals surface area (Å²) in [4.78, 5) is 26.2. The van der Waals surface area contributed by atoms with E-state index in [2.05, 4.69) is 19.9 Å². The summed E-state index contributed by atoms with van der Waals surface area (Å²) in [7, 11) is 0. The number of epoxide rings is 1. The van der Waals surface area contributed by atoms with Gasteiger partial charge >= 0.3 is 11.9 Å². The van der Waals surface area contributed by atoms with E-state index >= 15 is 0 Å². The Morgan fingerprint density at radius 1 is 1.00 bits per heavy atom. The van der Waals surface area contributed by atoms with Crippen LogP contribution in [0.15, 0.2) is 47.6 Å². The van der Waals surface area contributed by atoms with E-state index in [9.17, 15) is 19.8 Å². The lowest BCUT2D eigenvalue weighted by Gasteiger charge is -2.58. The molecular formula is C29H34O10. The van der Waals surface area contributed by atoms with Crippen LogP contribution in [0.25, 0.3) is 0 Å². The molecule has 10 atom stereocenters. The molecule has 2 N–H and O–H groups in total. The minimum absolute atomic E-state index is 0.0477. The zero-order valence-electron chi connectivity index (χ0n) is 22.0. The highest BCUT2D eigenvalue weighted by Gasteiger charge is 2.83. The molecule has 10 nitrogen and oxygen atoms in total. The number of hydrogen-bond acceptors (Lipinski definition) is 10. The summed E-state index contributed by atoms with van der Waals surface area (Å²) in [6, 6.07) is 0. The first kappa shape index (κ1) is 25.6. The van der Waals surface area contributed by atoms with E-state index in [0.29, 0.717) is 25.0 Å². The van der Waals surface area contributed by atoms with Crippen molar-refractivity contribution in [1.29, 1.82) is 0 Å². The van der Waals surface area contributed by atoms with Crippen LogP contribution in [0.3, 0.4) is 0 Å². The molecule has 6 aliphatic heterocycles. The molecule has 8 aliphatic rings. The molecule has 0 amide bonds. The number of hydrogen-bond donors (Lipinski definition) is 2. The predicted molar refractivity (Wildman–Crippen MR) is 133 cm³/mol. The SMILES string of the molecule is CC1=C[C@H]2O[C@@H]3C[C@H]4OC(=O)/C=C\C=C\C56OC/C(=C\C(=O)OC[C@@]2(CC1)[C@]4(C)[C@]31CO1)CC5OC(O)C6O. The Morgan fingerprint density at radius 3 is 2.62 bits per heavy atom. The molecule has 3 spiro atoms. The van der Waals surface area contributed by atoms with Gasteiger partial charge in [0.1, 0.15) is 30.0 Å². The van der Waals surface area contributed by atoms with Crippen molar-refractivity contribution in [3.8, 4) is 0 Å². The molecule has 8 rings (SSSR count). The molecule has 10 heteroatoms. The number of aliphatic hydroxyl groups is 2. The Balaban J connectivity index is 1.29. The number of rotatable bonds is 0. The molecule has 0 aromatic carbocycles. The van der Waals surface area contributed by atoms with Crippen molar-refractivity contribution >= 4 is 11.9 Å². The first-order valence-corrected chi connectivity index (χ1v) is 13.7. The van der Waals surface area contributed by atoms with Crippen molar-refractivity contribution in [2.75, 3.05) is 19.8 Å². The lowest BCUT2D eigenvalue weighted by molar-refractivity contribution is -0.232. The van der Waals surface area contributed by atoms with E-state index in [1.165, 1.54) is 23.8 Å². The summed E-state index contributed by atoms with van der Waals surface area (Å²) < 4.78 is 36.4. The summed E-state index contributed by atoms with van der Waals surface area (Å²) in [6.07, 6.45) is 7.25. The maximum absolute atomic E-state index is 13.2. The van der Waals surface area contributed by atoms with Crippen molar-refractivity contribution in [2.24, 2.45) is 10.8 Å². The minimum atomic E-state index is -1.45. The van der Waals surface area contributed by atoms with Gasteiger partial charge in [0.25, 0.3) is 0 Å². The molecule has 0 aromatic rings. The van der Waals surface area contributed by atoms with Gasteiger partial charge in [-0.15, -0.1) is 0 Å². The Kier molecular flexibility index (Phi) is 5.64. The van der Waals surface area contributed by atoms with Gasteiger partial charge in [0, 0.05) is 30.4 Å². The van der Waals surface area contributed by atoms with Crippen molar-refractivity contribution < 1.29 is 48.2 Å². The molecule has 6 heterocycles. The second-order valence-corrected chi connectivity index (χ2v) is 12.2. The second-order valence-electron chi connectivity index (χ2n) is 12.2. The number of aliphatic hydroxyl groups excluding tert-OH is 2. The number of carbonyl (C=O) groups is 2. The number of fused-ring (bicyclic) bond motifs is 7. The molecule has 4 saturated heterocycles. The molecule has 210 valence electrons. The average molecular weight is 543 g/mol. The summed E-state index contributed by atoms with van der Waals surface area (Å²) in [6.45, 7) is 4.81. The molecule has 1 saturated carbocycles. The number of allylic oxidation sites excluding steroid dienone is 3. The standard InChI is InChI=1S/C29H34O10/c1-16-6-8-27-14-34-23(31)11-17-10-20-28(35-13-17,24(32)25(33)39-20)7-4-3-5-22(30)38-18-12-21(37-19(27)9-16)29(15-36-29)26(18,27)2/h3-5,7,9,11,18-21,24-25,32-33H,6,8,10,12-15H2,1-2H3/b5-3-,7-4+,17-11-/t18-,19-,20?,21-,24?,25?,26-,27-,28?,29+/m1/s1. The van der Waals surface area contributed by atoms with E-state index in [0.717, 1.165) is 6.42 Å². The third-order valence-electron chi connectivity index (χ3n) is 10.5. The zero-order chi connectivity index (χ0) is 27.2. The van der Waals surface area contributed by atoms with Gasteiger partial charge < -0.3 is 38.6 Å². The van der Waals surface area contributed by atoms with Gasteiger partial charge in [-0.3, -0.25) is 0 Å². The fraction of sp³-hybridized carbons (Fsp3) is 0.655. The quantitative estimate of drug-likeness (QED) is 0.263. The average Bonchev–Trinajstić information content (AvgIpc) is 3.64. The van der Waals surface area contributed by atoms with Crippen molar-refractivity contribution in [3.63, 3.8) is 0 Å². The molecule has 4 bridgehead atoms. The highest BCUT2D eigenvalue weighted by Crippen LogP contribution is 2.72. The molecule has 4 unspecified atom stereocenters. The largest absolute Gasteiger partial charge is 0.462 e. The number of esters is 2. The highest BCUT2D eigenvalue weighted by molar-refractivity contribution is 5.83. The smallest absolute Gasteiger partial charge is 0.331 e. The van der Waals surface area contributed by atoms with Gasteiger partial charge in [0.15, 0.2) is 6.29 Å². The molecule has 0 radical (unpaired) electrons. The molecule has 39 heavy (non-hydrogen) atoms. The molecule has 0 aromatic heterocycles. The van der Waals surface area contributed by atoms with E-state index in [1.54, 1.807) is 12.2 Å². The summed E-state index contributed by atoms with van der Waals surface area (Å²) in [5.41, 5.74) is -1.37. The van der Waals surface area contributed by atoms with Gasteiger partial charge in [-0.2, -0.15) is 0 Å². The molecular weight excluding hydrogens is 508 g/mol. The van der Waals surface area contributed by atoms with Gasteiger partial charge in [-0.25, -0.2) is 9.59 Å². The van der Waals surface area contributed by atoms with Crippen LogP contribution in [0.2, 0.25) is 0 Å². The van der Waals surface area contributed by atoms with Gasteiger partial charge in [-0.05, 0) is 31.4 Å². The first-order chi connectivity index (χ1) is 18.6. The highest BCUT2D eigenvalue weighted by atomic mass is 16.7. The first-order valence-electron chi connectivity index (χ1n) is 13.7. The van der Waals surface area contributed by atoms with Crippen molar-refractivity contribution in [1.82, 2.24) is 0 Å². The summed E-state index contributed by atoms with van der Waals surface area (Å²) in [5.74, 6) is -1.04. The maximum Gasteiger partial charge on any atom is 0.331 e. The fourth-order valence-corrected chi connectivity index (χ4v) is 8.08. The van der Waals surface area contributed by atoms with E-state index in [1.807, 2.05) is 0 Å². The van der Waals surface area contributed by atoms with Crippen LogP contribution in [0.1, 0.15) is 39.5 Å². The Morgan fingerprint density at radius 2 is 1.82 bits per heavy atom. The molecule has 2 aliphatic carbocycles. The van der Waals surface area contributed by atoms with Crippen molar-refractivity contribution in [3.05, 3.63) is 47.6 Å². The third kappa shape index (κ3) is 3.42. The van der Waals surface area contributed by atoms with Crippen LogP contribution in [0.5, 0.6) is 0 Å². The normalized spacial score (nSPS) is 53.4. The lowest BCUT2D eigenvalue weighted by Crippen LogP contribution is -2.66. The zero-order valence-corrected chi connectivity index (χ0v) is 22.0. The van der Waals surface area contributed by atoms with Gasteiger partial charge in [-0.1, -0.05) is 30.7 Å². The monoisotopic (exact) mass is 542 g/mol. The van der Waals surface area contributed by atoms with Gasteiger partial charge in [0.2, 0.25) is 0 Å². The van der Waals surface area contributed by atoms with E-state index in [-0.39, 0.29) is 31.8 Å². The van der Waals surface area contributed by atoms with Crippen LogP contribution in [0.4, 0.5) is 0 Å². The van der Waals surface area contributed by atoms with Crippen LogP contribution in [-0.4, -0.2) is 90.0 Å². The van der Waals surface area contributed by atoms with Crippen molar-refractivity contribution in [2.45, 2.75) is 87.5 Å². The summed E-state index contributed by atoms with van der Waals surface area (Å²) >= 11 is 0. The molecule has 5 fully saturated rings. The van der Waals surface area contributed by atoms with E-state index in [4.69, 9.17) is 28.4 Å². The maximum atomic E-state index is 13.2. The fourth-order valence-electron chi connectivity index (χ4n) is 8.08. The van der Waals surface area contributed by atoms with Crippen LogP contribution in [0, 0.1) is 10.8 Å². The predicted octanol–water partition coefficient (Wildman–Crippen LogP) is 1.40. The third-order valence-corrected chi connectivity index (χ3v) is 10.5. The van der Waals surface area contributed by atoms with Crippen LogP contribution in [-0.2, 0) is 38.0 Å². The van der Waals surface area contributed by atoms with Gasteiger partial charge in [0.05, 0.1) is 36.9 Å².